The van der Waals surface area contributed by atoms with Crippen LogP contribution in [-0.4, -0.2) is 16.9 Å². The fraction of sp³-hybridized carbons (Fsp3) is 0.222. The molecule has 6 heteroatoms. The summed E-state index contributed by atoms with van der Waals surface area (Å²) in [6.07, 6.45) is 0. The standard InChI is InChI=1S/C18H16BrIO4/c1-9(2)15(21)13-8-10(3)17(14(19)16(13)22)24-18(23)11-4-6-12(20)7-5-11/h4-9,22H,1-3H3. The molecule has 0 fully saturated rings. The highest BCUT2D eigenvalue weighted by atomic mass is 127. The normalized spacial score (nSPS) is 10.8. The fourth-order valence-corrected chi connectivity index (χ4v) is 3.08. The van der Waals surface area contributed by atoms with Crippen molar-refractivity contribution >= 4 is 50.3 Å². The van der Waals surface area contributed by atoms with Gasteiger partial charge in [0.1, 0.15) is 10.2 Å². The van der Waals surface area contributed by atoms with Gasteiger partial charge < -0.3 is 9.84 Å². The van der Waals surface area contributed by atoms with E-state index in [2.05, 4.69) is 38.5 Å². The van der Waals surface area contributed by atoms with Gasteiger partial charge in [0.25, 0.3) is 0 Å². The number of hydrogen-bond acceptors (Lipinski definition) is 4. The minimum Gasteiger partial charge on any atom is -0.506 e. The van der Waals surface area contributed by atoms with Crippen LogP contribution in [0.2, 0.25) is 0 Å². The summed E-state index contributed by atoms with van der Waals surface area (Å²) in [5.74, 6) is -0.965. The molecule has 0 bridgehead atoms. The monoisotopic (exact) mass is 502 g/mol. The van der Waals surface area contributed by atoms with Gasteiger partial charge in [0.2, 0.25) is 0 Å². The molecular formula is C18H16BrIO4. The Morgan fingerprint density at radius 1 is 1.21 bits per heavy atom. The first-order valence-corrected chi connectivity index (χ1v) is 9.13. The third-order valence-electron chi connectivity index (χ3n) is 3.45. The van der Waals surface area contributed by atoms with Crippen LogP contribution in [-0.2, 0) is 0 Å². The highest BCUT2D eigenvalue weighted by molar-refractivity contribution is 14.1. The second kappa shape index (κ2) is 7.65. The smallest absolute Gasteiger partial charge is 0.343 e. The van der Waals surface area contributed by atoms with E-state index >= 15 is 0 Å². The molecule has 2 rings (SSSR count). The quantitative estimate of drug-likeness (QED) is 0.272. The van der Waals surface area contributed by atoms with Crippen LogP contribution in [0.25, 0.3) is 0 Å². The predicted molar refractivity (Wildman–Crippen MR) is 104 cm³/mol. The molecule has 0 heterocycles. The van der Waals surface area contributed by atoms with E-state index in [9.17, 15) is 14.7 Å². The van der Waals surface area contributed by atoms with Gasteiger partial charge in [0, 0.05) is 9.49 Å². The first-order chi connectivity index (χ1) is 11.2. The van der Waals surface area contributed by atoms with Crippen LogP contribution < -0.4 is 4.74 Å². The molecule has 0 aromatic heterocycles. The van der Waals surface area contributed by atoms with Crippen molar-refractivity contribution in [3.63, 3.8) is 0 Å². The van der Waals surface area contributed by atoms with Gasteiger partial charge in [-0.15, -0.1) is 0 Å². The third kappa shape index (κ3) is 3.97. The topological polar surface area (TPSA) is 63.6 Å². The van der Waals surface area contributed by atoms with Crippen LogP contribution in [0.4, 0.5) is 0 Å². The van der Waals surface area contributed by atoms with Crippen molar-refractivity contribution in [1.82, 2.24) is 0 Å². The number of carbonyl (C=O) groups excluding carboxylic acids is 2. The van der Waals surface area contributed by atoms with Crippen LogP contribution in [0.15, 0.2) is 34.8 Å². The van der Waals surface area contributed by atoms with Crippen molar-refractivity contribution < 1.29 is 19.4 Å². The van der Waals surface area contributed by atoms with E-state index < -0.39 is 5.97 Å². The summed E-state index contributed by atoms with van der Waals surface area (Å²) in [5, 5.41) is 10.3. The number of benzene rings is 2. The number of ether oxygens (including phenoxy) is 1. The Hall–Kier alpha value is -1.41. The fourth-order valence-electron chi connectivity index (χ4n) is 2.11. The van der Waals surface area contributed by atoms with Gasteiger partial charge in [0.05, 0.1) is 11.1 Å². The number of carbonyl (C=O) groups is 2. The lowest BCUT2D eigenvalue weighted by molar-refractivity contribution is 0.0732. The lowest BCUT2D eigenvalue weighted by atomic mass is 9.98. The summed E-state index contributed by atoms with van der Waals surface area (Å²) < 4.78 is 6.63. The molecule has 0 spiro atoms. The second-order valence-electron chi connectivity index (χ2n) is 5.65. The van der Waals surface area contributed by atoms with Gasteiger partial charge in [-0.2, -0.15) is 0 Å². The lowest BCUT2D eigenvalue weighted by Crippen LogP contribution is -2.12. The molecule has 0 amide bonds. The first-order valence-electron chi connectivity index (χ1n) is 7.26. The van der Waals surface area contributed by atoms with E-state index in [1.54, 1.807) is 51.1 Å². The van der Waals surface area contributed by atoms with E-state index in [4.69, 9.17) is 4.74 Å². The molecule has 0 saturated heterocycles. The van der Waals surface area contributed by atoms with E-state index in [0.29, 0.717) is 11.1 Å². The Balaban J connectivity index is 2.38. The number of ketones is 1. The summed E-state index contributed by atoms with van der Waals surface area (Å²) in [7, 11) is 0. The molecule has 2 aromatic carbocycles. The summed E-state index contributed by atoms with van der Waals surface area (Å²) in [5.41, 5.74) is 1.20. The largest absolute Gasteiger partial charge is 0.506 e. The summed E-state index contributed by atoms with van der Waals surface area (Å²) in [6, 6.07) is 8.49. The van der Waals surface area contributed by atoms with Crippen LogP contribution >= 0.6 is 38.5 Å². The molecule has 0 aliphatic rings. The molecule has 0 radical (unpaired) electrons. The first kappa shape index (κ1) is 18.9. The maximum atomic E-state index is 12.3. The highest BCUT2D eigenvalue weighted by Gasteiger charge is 2.23. The van der Waals surface area contributed by atoms with Crippen LogP contribution in [0, 0.1) is 16.4 Å². The van der Waals surface area contributed by atoms with Crippen molar-refractivity contribution in [1.29, 1.82) is 0 Å². The zero-order valence-corrected chi connectivity index (χ0v) is 17.1. The average molecular weight is 503 g/mol. The highest BCUT2D eigenvalue weighted by Crippen LogP contribution is 2.40. The van der Waals surface area contributed by atoms with Crippen molar-refractivity contribution in [3.8, 4) is 11.5 Å². The van der Waals surface area contributed by atoms with E-state index in [1.807, 2.05) is 0 Å². The Bertz CT molecular complexity index is 798. The molecule has 0 atom stereocenters. The summed E-state index contributed by atoms with van der Waals surface area (Å²) >= 11 is 5.38. The van der Waals surface area contributed by atoms with Crippen LogP contribution in [0.5, 0.6) is 11.5 Å². The molecule has 24 heavy (non-hydrogen) atoms. The number of rotatable bonds is 4. The zero-order valence-electron chi connectivity index (χ0n) is 13.4. The van der Waals surface area contributed by atoms with E-state index in [0.717, 1.165) is 3.57 Å². The number of Topliss-reactive ketones (excluding diaryl/α,β-unsaturated/α-hetero) is 1. The van der Waals surface area contributed by atoms with E-state index in [1.165, 1.54) is 0 Å². The Labute approximate surface area is 162 Å². The number of hydrogen-bond donors (Lipinski definition) is 1. The number of phenolic OH excluding ortho intramolecular Hbond substituents is 1. The molecule has 0 unspecified atom stereocenters. The predicted octanol–water partition coefficient (Wildman–Crippen LogP) is 5.13. The van der Waals surface area contributed by atoms with Gasteiger partial charge in [-0.1, -0.05) is 13.8 Å². The molecule has 4 nitrogen and oxygen atoms in total. The van der Waals surface area contributed by atoms with Gasteiger partial charge in [-0.25, -0.2) is 4.79 Å². The zero-order chi connectivity index (χ0) is 18.0. The molecular weight excluding hydrogens is 487 g/mol. The number of aromatic hydroxyl groups is 1. The second-order valence-corrected chi connectivity index (χ2v) is 7.69. The molecule has 0 saturated carbocycles. The van der Waals surface area contributed by atoms with Crippen LogP contribution in [0.3, 0.4) is 0 Å². The van der Waals surface area contributed by atoms with Gasteiger partial charge in [-0.05, 0) is 81.3 Å². The Morgan fingerprint density at radius 3 is 2.33 bits per heavy atom. The number of aryl methyl sites for hydroxylation is 1. The van der Waals surface area contributed by atoms with Gasteiger partial charge in [-0.3, -0.25) is 4.79 Å². The molecule has 0 aliphatic carbocycles. The Morgan fingerprint density at radius 2 is 1.79 bits per heavy atom. The van der Waals surface area contributed by atoms with Crippen molar-refractivity contribution in [2.24, 2.45) is 5.92 Å². The molecule has 2 aromatic rings. The van der Waals surface area contributed by atoms with Crippen LogP contribution in [0.1, 0.15) is 40.1 Å². The minimum atomic E-state index is -0.530. The number of esters is 1. The molecule has 1 N–H and O–H groups in total. The number of halogens is 2. The van der Waals surface area contributed by atoms with Gasteiger partial charge in [0.15, 0.2) is 11.5 Å². The third-order valence-corrected chi connectivity index (χ3v) is 4.90. The lowest BCUT2D eigenvalue weighted by Gasteiger charge is -2.15. The van der Waals surface area contributed by atoms with Crippen molar-refractivity contribution in [3.05, 3.63) is 55.1 Å². The maximum absolute atomic E-state index is 12.3. The molecule has 0 aliphatic heterocycles. The summed E-state index contributed by atoms with van der Waals surface area (Å²) in [6.45, 7) is 5.24. The van der Waals surface area contributed by atoms with Crippen molar-refractivity contribution in [2.75, 3.05) is 0 Å². The molecule has 126 valence electrons. The Kier molecular flexibility index (Phi) is 6.03. The van der Waals surface area contributed by atoms with Crippen molar-refractivity contribution in [2.45, 2.75) is 20.8 Å². The number of phenols is 1. The minimum absolute atomic E-state index is 0.174. The summed E-state index contributed by atoms with van der Waals surface area (Å²) in [4.78, 5) is 24.4. The van der Waals surface area contributed by atoms with Gasteiger partial charge >= 0.3 is 5.97 Å². The SMILES string of the molecule is Cc1cc(C(=O)C(C)C)c(O)c(Br)c1OC(=O)c1ccc(I)cc1. The maximum Gasteiger partial charge on any atom is 0.343 e. The average Bonchev–Trinajstić information content (AvgIpc) is 2.54. The van der Waals surface area contributed by atoms with E-state index in [-0.39, 0.29) is 33.2 Å².